The molecule has 0 aromatic carbocycles. The van der Waals surface area contributed by atoms with Crippen molar-refractivity contribution in [1.82, 2.24) is 19.8 Å². The van der Waals surface area contributed by atoms with Crippen LogP contribution >= 0.6 is 15.9 Å². The van der Waals surface area contributed by atoms with Crippen LogP contribution in [-0.2, 0) is 11.4 Å². The summed E-state index contributed by atoms with van der Waals surface area (Å²) < 4.78 is 2.75. The normalized spacial score (nSPS) is 12.2. The van der Waals surface area contributed by atoms with E-state index in [0.717, 1.165) is 15.9 Å². The van der Waals surface area contributed by atoms with Crippen molar-refractivity contribution in [3.63, 3.8) is 0 Å². The maximum atomic E-state index is 5.46. The fourth-order valence-electron chi connectivity index (χ4n) is 1.37. The van der Waals surface area contributed by atoms with Crippen LogP contribution < -0.4 is 5.48 Å². The van der Waals surface area contributed by atoms with Crippen molar-refractivity contribution in [2.45, 2.75) is 32.9 Å². The van der Waals surface area contributed by atoms with Crippen LogP contribution in [0, 0.1) is 0 Å². The monoisotopic (exact) mass is 298 g/mol. The lowest BCUT2D eigenvalue weighted by atomic mass is 10.2. The SMILES string of the molecule is CC(C)(C)ONCc1cnc2cnc(Br)cn12. The summed E-state index contributed by atoms with van der Waals surface area (Å²) in [5, 5.41) is 0. The molecule has 6 heteroatoms. The Morgan fingerprint density at radius 3 is 2.82 bits per heavy atom. The number of hydrogen-bond donors (Lipinski definition) is 1. The summed E-state index contributed by atoms with van der Waals surface area (Å²) in [4.78, 5) is 13.8. The highest BCUT2D eigenvalue weighted by Crippen LogP contribution is 2.11. The van der Waals surface area contributed by atoms with Gasteiger partial charge in [0.05, 0.1) is 30.2 Å². The number of nitrogens with zero attached hydrogens (tertiary/aromatic N) is 3. The molecular formula is C11H15BrN4O. The molecule has 0 atom stereocenters. The molecule has 0 spiro atoms. The third-order valence-corrected chi connectivity index (χ3v) is 2.48. The first-order chi connectivity index (χ1) is 7.96. The number of halogens is 1. The van der Waals surface area contributed by atoms with Crippen molar-refractivity contribution < 1.29 is 4.84 Å². The lowest BCUT2D eigenvalue weighted by Gasteiger charge is -2.19. The fraction of sp³-hybridized carbons (Fsp3) is 0.455. The van der Waals surface area contributed by atoms with Crippen LogP contribution in [0.25, 0.3) is 5.65 Å². The summed E-state index contributed by atoms with van der Waals surface area (Å²) in [5.74, 6) is 0. The predicted molar refractivity (Wildman–Crippen MR) is 68.4 cm³/mol. The van der Waals surface area contributed by atoms with Crippen LogP contribution in [0.2, 0.25) is 0 Å². The molecule has 17 heavy (non-hydrogen) atoms. The van der Waals surface area contributed by atoms with Crippen LogP contribution in [0.3, 0.4) is 0 Å². The minimum Gasteiger partial charge on any atom is -0.299 e. The molecule has 0 radical (unpaired) electrons. The summed E-state index contributed by atoms with van der Waals surface area (Å²) in [6.45, 7) is 6.58. The highest BCUT2D eigenvalue weighted by Gasteiger charge is 2.11. The zero-order chi connectivity index (χ0) is 12.5. The first kappa shape index (κ1) is 12.5. The van der Waals surface area contributed by atoms with Crippen molar-refractivity contribution in [1.29, 1.82) is 0 Å². The van der Waals surface area contributed by atoms with Crippen LogP contribution in [0.5, 0.6) is 0 Å². The van der Waals surface area contributed by atoms with E-state index in [0.29, 0.717) is 6.54 Å². The molecule has 0 aliphatic rings. The Labute approximate surface area is 108 Å². The molecule has 2 aromatic rings. The number of aromatic nitrogens is 3. The zero-order valence-corrected chi connectivity index (χ0v) is 11.7. The van der Waals surface area contributed by atoms with Crippen molar-refractivity contribution in [3.8, 4) is 0 Å². The molecule has 0 amide bonds. The van der Waals surface area contributed by atoms with Crippen molar-refractivity contribution in [2.24, 2.45) is 0 Å². The smallest absolute Gasteiger partial charge is 0.155 e. The molecule has 92 valence electrons. The van der Waals surface area contributed by atoms with E-state index in [1.165, 1.54) is 0 Å². The zero-order valence-electron chi connectivity index (χ0n) is 10.1. The topological polar surface area (TPSA) is 51.5 Å². The van der Waals surface area contributed by atoms with Gasteiger partial charge >= 0.3 is 0 Å². The molecule has 2 aromatic heterocycles. The maximum absolute atomic E-state index is 5.46. The van der Waals surface area contributed by atoms with Crippen LogP contribution in [0.15, 0.2) is 23.2 Å². The number of imidazole rings is 1. The second-order valence-electron chi connectivity index (χ2n) is 4.72. The Kier molecular flexibility index (Phi) is 3.46. The second kappa shape index (κ2) is 4.72. The molecule has 1 N–H and O–H groups in total. The number of hydroxylamine groups is 1. The largest absolute Gasteiger partial charge is 0.299 e. The molecule has 0 saturated carbocycles. The average molecular weight is 299 g/mol. The van der Waals surface area contributed by atoms with Gasteiger partial charge in [0.25, 0.3) is 0 Å². The van der Waals surface area contributed by atoms with Gasteiger partial charge in [0.15, 0.2) is 5.65 Å². The van der Waals surface area contributed by atoms with E-state index in [-0.39, 0.29) is 5.60 Å². The second-order valence-corrected chi connectivity index (χ2v) is 5.54. The predicted octanol–water partition coefficient (Wildman–Crippen LogP) is 2.31. The standard InChI is InChI=1S/C11H15BrN4O/c1-11(2,3)17-15-5-8-4-14-10-6-13-9(12)7-16(8)10/h4,6-7,15H,5H2,1-3H3. The molecule has 0 aliphatic heterocycles. The van der Waals surface area contributed by atoms with Crippen LogP contribution in [-0.4, -0.2) is 20.0 Å². The van der Waals surface area contributed by atoms with Crippen molar-refractivity contribution >= 4 is 21.6 Å². The van der Waals surface area contributed by atoms with Gasteiger partial charge in [-0.1, -0.05) is 0 Å². The average Bonchev–Trinajstić information content (AvgIpc) is 2.59. The number of nitrogens with one attached hydrogen (secondary N) is 1. The van der Waals surface area contributed by atoms with Crippen molar-refractivity contribution in [2.75, 3.05) is 0 Å². The lowest BCUT2D eigenvalue weighted by molar-refractivity contribution is -0.0762. The van der Waals surface area contributed by atoms with Crippen molar-refractivity contribution in [3.05, 3.63) is 28.9 Å². The Bertz CT molecular complexity index is 518. The summed E-state index contributed by atoms with van der Waals surface area (Å²) in [6.07, 6.45) is 5.41. The molecule has 0 saturated heterocycles. The summed E-state index contributed by atoms with van der Waals surface area (Å²) in [7, 11) is 0. The maximum Gasteiger partial charge on any atom is 0.155 e. The summed E-state index contributed by atoms with van der Waals surface area (Å²) >= 11 is 3.34. The van der Waals surface area contributed by atoms with E-state index >= 15 is 0 Å². The van der Waals surface area contributed by atoms with E-state index in [1.807, 2.05) is 37.6 Å². The Morgan fingerprint density at radius 2 is 2.12 bits per heavy atom. The molecule has 5 nitrogen and oxygen atoms in total. The lowest BCUT2D eigenvalue weighted by Crippen LogP contribution is -2.29. The van der Waals surface area contributed by atoms with Gasteiger partial charge in [0.1, 0.15) is 4.60 Å². The molecule has 0 unspecified atom stereocenters. The van der Waals surface area contributed by atoms with Gasteiger partial charge in [-0.3, -0.25) is 9.24 Å². The molecule has 0 bridgehead atoms. The fourth-order valence-corrected chi connectivity index (χ4v) is 1.68. The van der Waals surface area contributed by atoms with E-state index < -0.39 is 0 Å². The Morgan fingerprint density at radius 1 is 1.35 bits per heavy atom. The van der Waals surface area contributed by atoms with Gasteiger partial charge in [-0.25, -0.2) is 9.97 Å². The van der Waals surface area contributed by atoms with Crippen LogP contribution in [0.4, 0.5) is 0 Å². The highest BCUT2D eigenvalue weighted by molar-refractivity contribution is 9.10. The number of fused-ring (bicyclic) bond motifs is 1. The molecular weight excluding hydrogens is 284 g/mol. The molecule has 2 rings (SSSR count). The summed E-state index contributed by atoms with van der Waals surface area (Å²) in [5.41, 5.74) is 4.58. The number of rotatable bonds is 3. The van der Waals surface area contributed by atoms with Gasteiger partial charge < -0.3 is 0 Å². The van der Waals surface area contributed by atoms with Gasteiger partial charge in [-0.15, -0.1) is 0 Å². The van der Waals surface area contributed by atoms with Gasteiger partial charge in [-0.2, -0.15) is 5.48 Å². The first-order valence-corrected chi connectivity index (χ1v) is 6.13. The minimum atomic E-state index is -0.206. The number of hydrogen-bond acceptors (Lipinski definition) is 4. The minimum absolute atomic E-state index is 0.206. The van der Waals surface area contributed by atoms with E-state index in [1.54, 1.807) is 6.20 Å². The highest BCUT2D eigenvalue weighted by atomic mass is 79.9. The quantitative estimate of drug-likeness (QED) is 0.884. The Hall–Kier alpha value is -0.980. The molecule has 0 aliphatic carbocycles. The van der Waals surface area contributed by atoms with Crippen LogP contribution in [0.1, 0.15) is 26.5 Å². The van der Waals surface area contributed by atoms with E-state index in [2.05, 4.69) is 31.4 Å². The van der Waals surface area contributed by atoms with E-state index in [4.69, 9.17) is 4.84 Å². The third-order valence-electron chi connectivity index (χ3n) is 2.07. The van der Waals surface area contributed by atoms with Gasteiger partial charge in [-0.05, 0) is 36.7 Å². The third kappa shape index (κ3) is 3.24. The van der Waals surface area contributed by atoms with Gasteiger partial charge in [0.2, 0.25) is 0 Å². The first-order valence-electron chi connectivity index (χ1n) is 5.34. The molecule has 2 heterocycles. The van der Waals surface area contributed by atoms with E-state index in [9.17, 15) is 0 Å². The Balaban J connectivity index is 2.11. The summed E-state index contributed by atoms with van der Waals surface area (Å²) in [6, 6.07) is 0. The molecule has 0 fully saturated rings. The van der Waals surface area contributed by atoms with Gasteiger partial charge in [0, 0.05) is 6.20 Å².